The Hall–Kier alpha value is -2.83. The summed E-state index contributed by atoms with van der Waals surface area (Å²) in [6.07, 6.45) is 0.906. The number of anilines is 1. The van der Waals surface area contributed by atoms with Gasteiger partial charge in [0.2, 0.25) is 0 Å². The molecule has 7 nitrogen and oxygen atoms in total. The average Bonchev–Trinajstić information content (AvgIpc) is 2.76. The SMILES string of the molecule is Cc1cn(CC(=O)O)nc1NC(=O)OCc1ccccc1. The summed E-state index contributed by atoms with van der Waals surface area (Å²) in [6.45, 7) is 1.61. The number of aryl methyl sites for hydroxylation is 1. The van der Waals surface area contributed by atoms with Gasteiger partial charge in [0.1, 0.15) is 13.2 Å². The Bertz CT molecular complexity index is 637. The molecule has 2 aromatic rings. The summed E-state index contributed by atoms with van der Waals surface area (Å²) < 4.78 is 6.30. The number of hydrogen-bond donors (Lipinski definition) is 2. The number of carbonyl (C=O) groups excluding carboxylic acids is 1. The standard InChI is InChI=1S/C14H15N3O4/c1-10-7-17(8-12(18)19)16-13(10)15-14(20)21-9-11-5-3-2-4-6-11/h2-7H,8-9H2,1H3,(H,18,19)(H,15,16,20). The third-order valence-corrected chi connectivity index (χ3v) is 2.68. The van der Waals surface area contributed by atoms with Gasteiger partial charge in [-0.2, -0.15) is 5.10 Å². The van der Waals surface area contributed by atoms with Crippen molar-refractivity contribution < 1.29 is 19.4 Å². The van der Waals surface area contributed by atoms with Gasteiger partial charge in [-0.3, -0.25) is 14.8 Å². The van der Waals surface area contributed by atoms with E-state index in [0.717, 1.165) is 5.56 Å². The molecule has 1 aromatic heterocycles. The normalized spacial score (nSPS) is 10.1. The van der Waals surface area contributed by atoms with Crippen molar-refractivity contribution in [1.82, 2.24) is 9.78 Å². The summed E-state index contributed by atoms with van der Waals surface area (Å²) >= 11 is 0. The lowest BCUT2D eigenvalue weighted by Gasteiger charge is -2.05. The molecule has 0 bridgehead atoms. The molecule has 0 saturated carbocycles. The number of aliphatic carboxylic acids is 1. The molecular weight excluding hydrogens is 274 g/mol. The first-order valence-electron chi connectivity index (χ1n) is 6.28. The summed E-state index contributed by atoms with van der Waals surface area (Å²) in [6, 6.07) is 9.28. The number of carbonyl (C=O) groups is 2. The number of amides is 1. The number of nitrogens with zero attached hydrogens (tertiary/aromatic N) is 2. The lowest BCUT2D eigenvalue weighted by Crippen LogP contribution is -2.15. The van der Waals surface area contributed by atoms with E-state index in [1.165, 1.54) is 4.68 Å². The summed E-state index contributed by atoms with van der Waals surface area (Å²) in [5.41, 5.74) is 1.54. The van der Waals surface area contributed by atoms with Crippen LogP contribution in [-0.4, -0.2) is 26.9 Å². The van der Waals surface area contributed by atoms with Gasteiger partial charge < -0.3 is 9.84 Å². The van der Waals surface area contributed by atoms with Gasteiger partial charge in [0, 0.05) is 11.8 Å². The summed E-state index contributed by atoms with van der Waals surface area (Å²) in [5, 5.41) is 15.1. The van der Waals surface area contributed by atoms with E-state index in [1.54, 1.807) is 13.1 Å². The number of rotatable bonds is 5. The van der Waals surface area contributed by atoms with E-state index in [4.69, 9.17) is 9.84 Å². The predicted octanol–water partition coefficient (Wildman–Crippen LogP) is 2.02. The molecule has 0 saturated heterocycles. The second kappa shape index (κ2) is 6.56. The van der Waals surface area contributed by atoms with Gasteiger partial charge in [0.15, 0.2) is 5.82 Å². The number of carboxylic acids is 1. The molecule has 0 aliphatic carbocycles. The summed E-state index contributed by atoms with van der Waals surface area (Å²) in [5.74, 6) is -0.718. The van der Waals surface area contributed by atoms with Crippen LogP contribution in [0.2, 0.25) is 0 Å². The third-order valence-electron chi connectivity index (χ3n) is 2.68. The van der Waals surface area contributed by atoms with E-state index < -0.39 is 12.1 Å². The van der Waals surface area contributed by atoms with E-state index >= 15 is 0 Å². The van der Waals surface area contributed by atoms with Crippen LogP contribution in [0.5, 0.6) is 0 Å². The minimum atomic E-state index is -1.00. The van der Waals surface area contributed by atoms with Crippen LogP contribution in [0.1, 0.15) is 11.1 Å². The Labute approximate surface area is 121 Å². The van der Waals surface area contributed by atoms with E-state index in [-0.39, 0.29) is 19.0 Å². The number of nitrogens with one attached hydrogen (secondary N) is 1. The highest BCUT2D eigenvalue weighted by Gasteiger charge is 2.11. The fourth-order valence-corrected chi connectivity index (χ4v) is 1.72. The van der Waals surface area contributed by atoms with Gasteiger partial charge in [0.05, 0.1) is 0 Å². The van der Waals surface area contributed by atoms with Crippen LogP contribution in [-0.2, 0) is 22.7 Å². The van der Waals surface area contributed by atoms with Crippen molar-refractivity contribution in [2.45, 2.75) is 20.1 Å². The van der Waals surface area contributed by atoms with Crippen molar-refractivity contribution in [2.24, 2.45) is 0 Å². The molecule has 0 unspecified atom stereocenters. The van der Waals surface area contributed by atoms with Crippen LogP contribution in [0.3, 0.4) is 0 Å². The zero-order valence-electron chi connectivity index (χ0n) is 11.4. The smallest absolute Gasteiger partial charge is 0.413 e. The molecule has 0 atom stereocenters. The van der Waals surface area contributed by atoms with Gasteiger partial charge in [0.25, 0.3) is 0 Å². The van der Waals surface area contributed by atoms with Gasteiger partial charge >= 0.3 is 12.1 Å². The van der Waals surface area contributed by atoms with E-state index in [0.29, 0.717) is 5.56 Å². The van der Waals surface area contributed by atoms with Crippen molar-refractivity contribution in [3.8, 4) is 0 Å². The molecule has 110 valence electrons. The van der Waals surface area contributed by atoms with Crippen LogP contribution in [0.4, 0.5) is 10.6 Å². The van der Waals surface area contributed by atoms with Gasteiger partial charge in [-0.15, -0.1) is 0 Å². The highest BCUT2D eigenvalue weighted by molar-refractivity contribution is 5.84. The molecule has 1 amide bonds. The zero-order chi connectivity index (χ0) is 15.2. The van der Waals surface area contributed by atoms with Crippen LogP contribution in [0.25, 0.3) is 0 Å². The Morgan fingerprint density at radius 1 is 1.33 bits per heavy atom. The number of benzene rings is 1. The quantitative estimate of drug-likeness (QED) is 0.878. The first-order valence-corrected chi connectivity index (χ1v) is 6.28. The Morgan fingerprint density at radius 3 is 2.71 bits per heavy atom. The molecule has 2 N–H and O–H groups in total. The molecule has 2 rings (SSSR count). The summed E-state index contributed by atoms with van der Waals surface area (Å²) in [4.78, 5) is 22.3. The lowest BCUT2D eigenvalue weighted by molar-refractivity contribution is -0.137. The highest BCUT2D eigenvalue weighted by Crippen LogP contribution is 2.12. The maximum atomic E-state index is 11.7. The van der Waals surface area contributed by atoms with E-state index in [1.807, 2.05) is 30.3 Å². The first kappa shape index (κ1) is 14.6. The van der Waals surface area contributed by atoms with E-state index in [2.05, 4.69) is 10.4 Å². The molecule has 0 fully saturated rings. The maximum Gasteiger partial charge on any atom is 0.413 e. The van der Waals surface area contributed by atoms with Gasteiger partial charge in [-0.25, -0.2) is 4.79 Å². The molecule has 21 heavy (non-hydrogen) atoms. The van der Waals surface area contributed by atoms with Crippen LogP contribution >= 0.6 is 0 Å². The van der Waals surface area contributed by atoms with Crippen molar-refractivity contribution in [1.29, 1.82) is 0 Å². The largest absolute Gasteiger partial charge is 0.480 e. The Morgan fingerprint density at radius 2 is 2.05 bits per heavy atom. The predicted molar refractivity (Wildman–Crippen MR) is 74.8 cm³/mol. The first-order chi connectivity index (χ1) is 10.0. The zero-order valence-corrected chi connectivity index (χ0v) is 11.4. The topological polar surface area (TPSA) is 93.5 Å². The van der Waals surface area contributed by atoms with Crippen LogP contribution in [0.15, 0.2) is 36.5 Å². The number of carboxylic acid groups (broad SMARTS) is 1. The molecule has 0 spiro atoms. The maximum absolute atomic E-state index is 11.7. The molecular formula is C14H15N3O4. The fraction of sp³-hybridized carbons (Fsp3) is 0.214. The minimum Gasteiger partial charge on any atom is -0.480 e. The van der Waals surface area contributed by atoms with Crippen molar-refractivity contribution in [2.75, 3.05) is 5.32 Å². The van der Waals surface area contributed by atoms with Gasteiger partial charge in [-0.1, -0.05) is 30.3 Å². The molecule has 0 radical (unpaired) electrons. The van der Waals surface area contributed by atoms with E-state index in [9.17, 15) is 9.59 Å². The van der Waals surface area contributed by atoms with Crippen molar-refractivity contribution in [3.05, 3.63) is 47.7 Å². The monoisotopic (exact) mass is 289 g/mol. The molecule has 0 aliphatic heterocycles. The molecule has 7 heteroatoms. The molecule has 1 heterocycles. The highest BCUT2D eigenvalue weighted by atomic mass is 16.5. The number of aromatic nitrogens is 2. The third kappa shape index (κ3) is 4.34. The number of ether oxygens (including phenoxy) is 1. The van der Waals surface area contributed by atoms with Crippen LogP contribution in [0, 0.1) is 6.92 Å². The number of hydrogen-bond acceptors (Lipinski definition) is 4. The second-order valence-electron chi connectivity index (χ2n) is 4.44. The van der Waals surface area contributed by atoms with Crippen molar-refractivity contribution in [3.63, 3.8) is 0 Å². The van der Waals surface area contributed by atoms with Crippen LogP contribution < -0.4 is 5.32 Å². The minimum absolute atomic E-state index is 0.154. The Balaban J connectivity index is 1.90. The lowest BCUT2D eigenvalue weighted by atomic mass is 10.2. The molecule has 1 aromatic carbocycles. The van der Waals surface area contributed by atoms with Gasteiger partial charge in [-0.05, 0) is 12.5 Å². The Kier molecular flexibility index (Phi) is 4.55. The molecule has 0 aliphatic rings. The average molecular weight is 289 g/mol. The fourth-order valence-electron chi connectivity index (χ4n) is 1.72. The second-order valence-corrected chi connectivity index (χ2v) is 4.44. The summed E-state index contributed by atoms with van der Waals surface area (Å²) in [7, 11) is 0. The van der Waals surface area contributed by atoms with Crippen molar-refractivity contribution >= 4 is 17.9 Å².